The Morgan fingerprint density at radius 1 is 1.00 bits per heavy atom. The number of nitrogens with zero attached hydrogens (tertiary/aromatic N) is 1. The Morgan fingerprint density at radius 3 is 1.83 bits per heavy atom. The van der Waals surface area contributed by atoms with Crippen molar-refractivity contribution in [3.63, 3.8) is 0 Å². The molecule has 3 fully saturated rings. The van der Waals surface area contributed by atoms with Gasteiger partial charge < -0.3 is 13.3 Å². The minimum absolute atomic E-state index is 0.251. The third-order valence-corrected chi connectivity index (χ3v) is 10.8. The molecule has 4 nitrogen and oxygen atoms in total. The van der Waals surface area contributed by atoms with Gasteiger partial charge in [-0.05, 0) is 31.7 Å². The molecule has 0 N–H and O–H groups in total. The van der Waals surface area contributed by atoms with Crippen molar-refractivity contribution in [3.8, 4) is 0 Å². The van der Waals surface area contributed by atoms with E-state index in [9.17, 15) is 0 Å². The highest BCUT2D eigenvalue weighted by Crippen LogP contribution is 2.24. The number of fused-ring (bicyclic) bond motifs is 6. The molecule has 0 aliphatic carbocycles. The Hall–Kier alpha value is 0.407. The molecule has 3 rings (SSSR count). The summed E-state index contributed by atoms with van der Waals surface area (Å²) < 4.78 is 18.5. The van der Waals surface area contributed by atoms with Gasteiger partial charge in [0.15, 0.2) is 5.38 Å². The first-order valence-electron chi connectivity index (χ1n) is 6.68. The van der Waals surface area contributed by atoms with E-state index >= 15 is 0 Å². The molecule has 0 spiro atoms. The lowest BCUT2D eigenvalue weighted by molar-refractivity contribution is -0.00458. The third kappa shape index (κ3) is 3.71. The van der Waals surface area contributed by atoms with Gasteiger partial charge in [-0.1, -0.05) is 0 Å². The van der Waals surface area contributed by atoms with E-state index < -0.39 is 8.80 Å². The highest BCUT2D eigenvalue weighted by Gasteiger charge is 2.52. The summed E-state index contributed by atoms with van der Waals surface area (Å²) in [6, 6.07) is 0. The van der Waals surface area contributed by atoms with Gasteiger partial charge in [-0.3, -0.25) is 4.90 Å². The van der Waals surface area contributed by atoms with E-state index in [1.165, 1.54) is 0 Å². The first kappa shape index (κ1) is 14.8. The normalized spacial score (nSPS) is 35.7. The largest absolute Gasteiger partial charge is 0.553 e. The summed E-state index contributed by atoms with van der Waals surface area (Å²) in [7, 11) is -2.16. The molecule has 0 amide bonds. The van der Waals surface area contributed by atoms with Crippen LogP contribution in [-0.4, -0.2) is 69.5 Å². The maximum atomic E-state index is 6.07. The summed E-state index contributed by atoms with van der Waals surface area (Å²) in [5.74, 6) is 0. The molecule has 0 aromatic rings. The Balaban J connectivity index is 2.06. The van der Waals surface area contributed by atoms with Crippen LogP contribution in [-0.2, 0) is 24.2 Å². The summed E-state index contributed by atoms with van der Waals surface area (Å²) in [5, 5.41) is 0.969. The molecule has 6 heteroatoms. The molecule has 0 aromatic carbocycles. The van der Waals surface area contributed by atoms with Gasteiger partial charge in [0, 0.05) is 19.6 Å². The summed E-state index contributed by atoms with van der Waals surface area (Å²) >= 11 is 0. The van der Waals surface area contributed by atoms with Crippen LogP contribution in [0.15, 0.2) is 0 Å². The van der Waals surface area contributed by atoms with Crippen molar-refractivity contribution in [1.29, 1.82) is 0 Å². The van der Waals surface area contributed by atoms with E-state index in [1.54, 1.807) is 0 Å². The summed E-state index contributed by atoms with van der Waals surface area (Å²) in [6.45, 7) is 12.2. The predicted octanol–water partition coefficient (Wildman–Crippen LogP) is 0.890. The van der Waals surface area contributed by atoms with Crippen LogP contribution in [0, 0.1) is 0 Å². The monoisotopic (exact) mass is 292 g/mol. The average Bonchev–Trinajstić information content (AvgIpc) is 2.17. The van der Waals surface area contributed by atoms with Crippen molar-refractivity contribution in [2.75, 3.05) is 51.1 Å². The molecule has 3 aliphatic heterocycles. The smallest absolute Gasteiger partial charge is 0.369 e. The average molecular weight is 292 g/mol. The highest BCUT2D eigenvalue weighted by molar-refractivity contribution is 7.98. The zero-order valence-corrected chi connectivity index (χ0v) is 13.8. The standard InChI is InChI=1S/C12H26NO3SSi/c1-12(2,3)17(4)11-18-14-8-5-13(6-9-15-18)7-10-16-18/h5-11H2,1-4H3/q+1. The van der Waals surface area contributed by atoms with Crippen LogP contribution in [0.5, 0.6) is 0 Å². The fourth-order valence-corrected chi connectivity index (χ4v) is 8.37. The second-order valence-corrected chi connectivity index (χ2v) is 11.8. The lowest BCUT2D eigenvalue weighted by Gasteiger charge is -2.38. The lowest BCUT2D eigenvalue weighted by Crippen LogP contribution is -2.60. The van der Waals surface area contributed by atoms with Crippen molar-refractivity contribution >= 4 is 19.7 Å². The Bertz CT molecular complexity index is 258. The van der Waals surface area contributed by atoms with Crippen molar-refractivity contribution in [3.05, 3.63) is 0 Å². The second-order valence-electron chi connectivity index (χ2n) is 5.96. The SMILES string of the molecule is C[S+](C[Si]12OCCN(CCO1)CCO2)C(C)(C)C. The van der Waals surface area contributed by atoms with Crippen LogP contribution in [0.1, 0.15) is 20.8 Å². The van der Waals surface area contributed by atoms with Gasteiger partial charge in [0.05, 0.1) is 26.1 Å². The zero-order valence-electron chi connectivity index (χ0n) is 12.0. The van der Waals surface area contributed by atoms with E-state index in [0.29, 0.717) is 4.75 Å². The van der Waals surface area contributed by atoms with Crippen molar-refractivity contribution in [2.45, 2.75) is 25.5 Å². The van der Waals surface area contributed by atoms with Gasteiger partial charge in [0.2, 0.25) is 0 Å². The van der Waals surface area contributed by atoms with Crippen molar-refractivity contribution < 1.29 is 13.3 Å². The zero-order chi connectivity index (χ0) is 13.2. The first-order chi connectivity index (χ1) is 8.41. The number of hydrogen-bond donors (Lipinski definition) is 0. The van der Waals surface area contributed by atoms with Crippen LogP contribution in [0.25, 0.3) is 0 Å². The topological polar surface area (TPSA) is 30.9 Å². The van der Waals surface area contributed by atoms with E-state index in [2.05, 4.69) is 31.9 Å². The van der Waals surface area contributed by atoms with Crippen LogP contribution < -0.4 is 0 Å². The minimum atomic E-state index is -2.41. The van der Waals surface area contributed by atoms with Gasteiger partial charge in [-0.25, -0.2) is 0 Å². The summed E-state index contributed by atoms with van der Waals surface area (Å²) in [5.41, 5.74) is 0. The fourth-order valence-electron chi connectivity index (χ4n) is 2.06. The molecule has 0 aromatic heterocycles. The third-order valence-electron chi connectivity index (χ3n) is 3.63. The van der Waals surface area contributed by atoms with Crippen LogP contribution in [0.2, 0.25) is 0 Å². The maximum absolute atomic E-state index is 6.07. The molecule has 2 bridgehead atoms. The molecule has 106 valence electrons. The van der Waals surface area contributed by atoms with Gasteiger partial charge in [0.25, 0.3) is 0 Å². The minimum Gasteiger partial charge on any atom is -0.369 e. The van der Waals surface area contributed by atoms with E-state index in [1.807, 2.05) is 0 Å². The summed E-state index contributed by atoms with van der Waals surface area (Å²) in [4.78, 5) is 2.35. The molecule has 18 heavy (non-hydrogen) atoms. The molecule has 0 saturated carbocycles. The number of rotatable bonds is 2. The van der Waals surface area contributed by atoms with Crippen LogP contribution in [0.4, 0.5) is 0 Å². The van der Waals surface area contributed by atoms with E-state index in [0.717, 1.165) is 44.8 Å². The van der Waals surface area contributed by atoms with E-state index in [-0.39, 0.29) is 10.9 Å². The Kier molecular flexibility index (Phi) is 4.78. The van der Waals surface area contributed by atoms with Gasteiger partial charge in [0.1, 0.15) is 4.75 Å². The molecular formula is C12H26NO3SSi+. The Labute approximate surface area is 115 Å². The molecule has 1 atom stereocenters. The van der Waals surface area contributed by atoms with Crippen molar-refractivity contribution in [1.82, 2.24) is 4.90 Å². The molecule has 3 heterocycles. The predicted molar refractivity (Wildman–Crippen MR) is 78.0 cm³/mol. The number of hydrogen-bond acceptors (Lipinski definition) is 4. The molecule has 3 saturated heterocycles. The molecular weight excluding hydrogens is 266 g/mol. The quantitative estimate of drug-likeness (QED) is 0.559. The first-order valence-corrected chi connectivity index (χ1v) is 10.4. The van der Waals surface area contributed by atoms with Crippen LogP contribution >= 0.6 is 0 Å². The molecule has 0 radical (unpaired) electrons. The second kappa shape index (κ2) is 5.81. The fraction of sp³-hybridized carbons (Fsp3) is 1.00. The Morgan fingerprint density at radius 2 is 1.44 bits per heavy atom. The van der Waals surface area contributed by atoms with E-state index in [4.69, 9.17) is 13.3 Å². The molecule has 3 aliphatic rings. The maximum Gasteiger partial charge on any atom is 0.553 e. The summed E-state index contributed by atoms with van der Waals surface area (Å²) in [6.07, 6.45) is 2.31. The van der Waals surface area contributed by atoms with Gasteiger partial charge >= 0.3 is 8.80 Å². The van der Waals surface area contributed by atoms with Gasteiger partial charge in [-0.15, -0.1) is 0 Å². The lowest BCUT2D eigenvalue weighted by atomic mass is 10.3. The molecule has 1 unspecified atom stereocenters. The van der Waals surface area contributed by atoms with Gasteiger partial charge in [-0.2, -0.15) is 0 Å². The van der Waals surface area contributed by atoms with Crippen molar-refractivity contribution in [2.24, 2.45) is 0 Å². The highest BCUT2D eigenvalue weighted by atomic mass is 32.2. The van der Waals surface area contributed by atoms with Crippen LogP contribution in [0.3, 0.4) is 0 Å².